The number of nitrogens with one attached hydrogen (secondary N) is 1. The number of anilines is 1. The van der Waals surface area contributed by atoms with Crippen LogP contribution in [0.15, 0.2) is 72.8 Å². The molecule has 0 aliphatic carbocycles. The molecule has 0 amide bonds. The van der Waals surface area contributed by atoms with Gasteiger partial charge in [-0.25, -0.2) is 0 Å². The summed E-state index contributed by atoms with van der Waals surface area (Å²) in [6.45, 7) is 3.84. The first-order chi connectivity index (χ1) is 13.0. The minimum atomic E-state index is -0.914. The summed E-state index contributed by atoms with van der Waals surface area (Å²) >= 11 is 6.49. The van der Waals surface area contributed by atoms with Crippen molar-refractivity contribution >= 4 is 17.3 Å². The topological polar surface area (TPSA) is 56.0 Å². The molecule has 0 heterocycles. The number of aryl methyl sites for hydroxylation is 1. The van der Waals surface area contributed by atoms with E-state index in [1.165, 1.54) is 0 Å². The first-order valence-electron chi connectivity index (χ1n) is 8.73. The second-order valence-electron chi connectivity index (χ2n) is 6.80. The Morgan fingerprint density at radius 1 is 1.04 bits per heavy atom. The molecule has 2 N–H and O–H groups in total. The average Bonchev–Trinajstić information content (AvgIpc) is 2.69. The predicted molar refractivity (Wildman–Crippen MR) is 110 cm³/mol. The van der Waals surface area contributed by atoms with Crippen molar-refractivity contribution in [1.29, 1.82) is 5.26 Å². The fourth-order valence-corrected chi connectivity index (χ4v) is 3.49. The van der Waals surface area contributed by atoms with Gasteiger partial charge in [0.2, 0.25) is 0 Å². The molecule has 4 heteroatoms. The summed E-state index contributed by atoms with van der Waals surface area (Å²) in [7, 11) is 0. The highest BCUT2D eigenvalue weighted by Crippen LogP contribution is 2.42. The average molecular weight is 377 g/mol. The third-order valence-corrected chi connectivity index (χ3v) is 5.20. The Kier molecular flexibility index (Phi) is 5.39. The molecule has 0 saturated carbocycles. The molecule has 3 rings (SSSR count). The minimum absolute atomic E-state index is 0.131. The van der Waals surface area contributed by atoms with Crippen LogP contribution >= 0.6 is 11.6 Å². The Morgan fingerprint density at radius 3 is 2.37 bits per heavy atom. The van der Waals surface area contributed by atoms with E-state index in [4.69, 9.17) is 11.6 Å². The van der Waals surface area contributed by atoms with Gasteiger partial charge in [-0.3, -0.25) is 0 Å². The standard InChI is InChI=1S/C23H21ClN2O/c1-16-12-13-21(27)20(14-16)26-22(18-10-6-7-11-19(18)24)23(2,15-25)17-8-4-3-5-9-17/h3-14,22,26-27H,1-2H3/t22-,23+/m1/s1. The summed E-state index contributed by atoms with van der Waals surface area (Å²) in [5, 5.41) is 24.4. The number of benzene rings is 3. The molecule has 0 bridgehead atoms. The predicted octanol–water partition coefficient (Wildman–Crippen LogP) is 5.99. The van der Waals surface area contributed by atoms with Crippen LogP contribution in [-0.2, 0) is 5.41 Å². The zero-order valence-corrected chi connectivity index (χ0v) is 16.0. The number of nitriles is 1. The highest BCUT2D eigenvalue weighted by Gasteiger charge is 2.38. The quantitative estimate of drug-likeness (QED) is 0.538. The molecule has 0 aliphatic heterocycles. The smallest absolute Gasteiger partial charge is 0.138 e. The minimum Gasteiger partial charge on any atom is -0.506 e. The van der Waals surface area contributed by atoms with Crippen molar-refractivity contribution in [3.63, 3.8) is 0 Å². The number of hydrogen-bond donors (Lipinski definition) is 2. The third kappa shape index (κ3) is 3.77. The molecule has 0 unspecified atom stereocenters. The van der Waals surface area contributed by atoms with Crippen molar-refractivity contribution in [3.05, 3.63) is 94.5 Å². The fraction of sp³-hybridized carbons (Fsp3) is 0.174. The monoisotopic (exact) mass is 376 g/mol. The maximum Gasteiger partial charge on any atom is 0.138 e. The highest BCUT2D eigenvalue weighted by molar-refractivity contribution is 6.31. The molecule has 0 spiro atoms. The largest absolute Gasteiger partial charge is 0.506 e. The number of nitrogens with zero attached hydrogens (tertiary/aromatic N) is 1. The SMILES string of the molecule is Cc1ccc(O)c(N[C@H](c2ccccc2Cl)[C@@](C)(C#N)c2ccccc2)c1. The van der Waals surface area contributed by atoms with Crippen molar-refractivity contribution in [3.8, 4) is 11.8 Å². The first-order valence-corrected chi connectivity index (χ1v) is 9.11. The van der Waals surface area contributed by atoms with Crippen LogP contribution in [0, 0.1) is 18.3 Å². The third-order valence-electron chi connectivity index (χ3n) is 4.85. The lowest BCUT2D eigenvalue weighted by Gasteiger charge is -2.34. The van der Waals surface area contributed by atoms with Crippen molar-refractivity contribution in [2.24, 2.45) is 0 Å². The summed E-state index contributed by atoms with van der Waals surface area (Å²) in [5.74, 6) is 0.131. The molecule has 27 heavy (non-hydrogen) atoms. The lowest BCUT2D eigenvalue weighted by atomic mass is 9.74. The van der Waals surface area contributed by atoms with Gasteiger partial charge in [-0.2, -0.15) is 5.26 Å². The lowest BCUT2D eigenvalue weighted by Crippen LogP contribution is -2.34. The molecular weight excluding hydrogens is 356 g/mol. The van der Waals surface area contributed by atoms with Crippen LogP contribution < -0.4 is 5.32 Å². The number of halogens is 1. The molecule has 3 aromatic rings. The van der Waals surface area contributed by atoms with Gasteiger partial charge in [0.15, 0.2) is 0 Å². The molecule has 0 radical (unpaired) electrons. The number of aromatic hydroxyl groups is 1. The zero-order valence-electron chi connectivity index (χ0n) is 15.3. The van der Waals surface area contributed by atoms with E-state index in [0.717, 1.165) is 16.7 Å². The molecular formula is C23H21ClN2O. The van der Waals surface area contributed by atoms with Gasteiger partial charge >= 0.3 is 0 Å². The van der Waals surface area contributed by atoms with Crippen LogP contribution in [0.1, 0.15) is 29.7 Å². The van der Waals surface area contributed by atoms with Crippen molar-refractivity contribution in [2.45, 2.75) is 25.3 Å². The van der Waals surface area contributed by atoms with Gasteiger partial charge in [-0.05, 0) is 48.7 Å². The molecule has 3 nitrogen and oxygen atoms in total. The molecule has 136 valence electrons. The Hall–Kier alpha value is -2.96. The lowest BCUT2D eigenvalue weighted by molar-refractivity contribution is 0.470. The summed E-state index contributed by atoms with van der Waals surface area (Å²) in [6, 6.07) is 24.5. The van der Waals surface area contributed by atoms with Gasteiger partial charge < -0.3 is 10.4 Å². The van der Waals surface area contributed by atoms with Crippen molar-refractivity contribution < 1.29 is 5.11 Å². The normalized spacial score (nSPS) is 14.0. The van der Waals surface area contributed by atoms with Gasteiger partial charge in [0, 0.05) is 5.02 Å². The number of phenols is 1. The van der Waals surface area contributed by atoms with Crippen molar-refractivity contribution in [2.75, 3.05) is 5.32 Å². The molecule has 3 aromatic carbocycles. The van der Waals surface area contributed by atoms with Gasteiger partial charge in [0.05, 0.1) is 17.8 Å². The summed E-state index contributed by atoms with van der Waals surface area (Å²) in [4.78, 5) is 0. The van der Waals surface area contributed by atoms with E-state index in [0.29, 0.717) is 10.7 Å². The highest BCUT2D eigenvalue weighted by atomic mass is 35.5. The first kappa shape index (κ1) is 18.8. The van der Waals surface area contributed by atoms with Crippen LogP contribution in [-0.4, -0.2) is 5.11 Å². The summed E-state index contributed by atoms with van der Waals surface area (Å²) < 4.78 is 0. The maximum absolute atomic E-state index is 10.3. The Morgan fingerprint density at radius 2 is 1.70 bits per heavy atom. The fourth-order valence-electron chi connectivity index (χ4n) is 3.24. The second kappa shape index (κ2) is 7.73. The van der Waals surface area contributed by atoms with E-state index < -0.39 is 11.5 Å². The van der Waals surface area contributed by atoms with Gasteiger partial charge in [0.1, 0.15) is 11.2 Å². The van der Waals surface area contributed by atoms with Gasteiger partial charge in [0.25, 0.3) is 0 Å². The van der Waals surface area contributed by atoms with E-state index in [9.17, 15) is 10.4 Å². The molecule has 0 aliphatic rings. The van der Waals surface area contributed by atoms with E-state index in [1.807, 2.05) is 80.6 Å². The number of phenolic OH excluding ortho intramolecular Hbond substituents is 1. The molecule has 2 atom stereocenters. The molecule has 0 fully saturated rings. The van der Waals surface area contributed by atoms with E-state index in [1.54, 1.807) is 6.07 Å². The van der Waals surface area contributed by atoms with Crippen LogP contribution in [0.25, 0.3) is 0 Å². The van der Waals surface area contributed by atoms with Crippen LogP contribution in [0.3, 0.4) is 0 Å². The van der Waals surface area contributed by atoms with E-state index in [-0.39, 0.29) is 5.75 Å². The molecule has 0 aromatic heterocycles. The van der Waals surface area contributed by atoms with Gasteiger partial charge in [-0.15, -0.1) is 0 Å². The molecule has 0 saturated heterocycles. The van der Waals surface area contributed by atoms with Crippen LogP contribution in [0.2, 0.25) is 5.02 Å². The Labute approximate surface area is 164 Å². The second-order valence-corrected chi connectivity index (χ2v) is 7.21. The van der Waals surface area contributed by atoms with Crippen LogP contribution in [0.4, 0.5) is 5.69 Å². The number of rotatable bonds is 5. The Bertz CT molecular complexity index is 981. The Balaban J connectivity index is 2.17. The zero-order chi connectivity index (χ0) is 19.4. The van der Waals surface area contributed by atoms with E-state index >= 15 is 0 Å². The van der Waals surface area contributed by atoms with E-state index in [2.05, 4.69) is 11.4 Å². The summed E-state index contributed by atoms with van der Waals surface area (Å²) in [6.07, 6.45) is 0. The maximum atomic E-state index is 10.3. The summed E-state index contributed by atoms with van der Waals surface area (Å²) in [5.41, 5.74) is 2.33. The van der Waals surface area contributed by atoms with Gasteiger partial charge in [-0.1, -0.05) is 66.2 Å². The van der Waals surface area contributed by atoms with Crippen LogP contribution in [0.5, 0.6) is 5.75 Å². The number of hydrogen-bond acceptors (Lipinski definition) is 3. The van der Waals surface area contributed by atoms with Crippen molar-refractivity contribution in [1.82, 2.24) is 0 Å².